The molecule has 3 nitrogen and oxygen atoms in total. The van der Waals surface area contributed by atoms with E-state index in [-0.39, 0.29) is 12.4 Å². The van der Waals surface area contributed by atoms with Gasteiger partial charge in [-0.1, -0.05) is 24.6 Å². The van der Waals surface area contributed by atoms with Crippen LogP contribution in [0.25, 0.3) is 0 Å². The first kappa shape index (κ1) is 20.3. The third-order valence-electron chi connectivity index (χ3n) is 4.23. The van der Waals surface area contributed by atoms with E-state index in [1.165, 1.54) is 16.0 Å². The zero-order chi connectivity index (χ0) is 15.9. The van der Waals surface area contributed by atoms with Gasteiger partial charge in [-0.2, -0.15) is 0 Å². The van der Waals surface area contributed by atoms with Crippen LogP contribution in [0.2, 0.25) is 0 Å². The molecule has 1 fully saturated rings. The topological polar surface area (TPSA) is 32.3 Å². The monoisotopic (exact) mass is 356 g/mol. The first-order valence-corrected chi connectivity index (χ1v) is 9.30. The Bertz CT molecular complexity index is 504. The van der Waals surface area contributed by atoms with Crippen molar-refractivity contribution >= 4 is 30.1 Å². The van der Waals surface area contributed by atoms with Gasteiger partial charge in [0.25, 0.3) is 0 Å². The summed E-state index contributed by atoms with van der Waals surface area (Å²) in [5.41, 5.74) is 2.51. The zero-order valence-corrected chi connectivity index (χ0v) is 16.1. The van der Waals surface area contributed by atoms with Gasteiger partial charge in [-0.3, -0.25) is 4.79 Å². The standard InChI is InChI=1S/C18H28N2OS.ClH/c1-4-11-20(16-7-9-19-10-8-16)18(21)13-22-17-12-14(2)5-6-15(17)3;/h5-6,12,16,19H,4,7-11,13H2,1-3H3;1H. The van der Waals surface area contributed by atoms with Gasteiger partial charge in [0.2, 0.25) is 5.91 Å². The van der Waals surface area contributed by atoms with Crippen molar-refractivity contribution in [3.8, 4) is 0 Å². The van der Waals surface area contributed by atoms with Crippen molar-refractivity contribution in [3.63, 3.8) is 0 Å². The number of rotatable bonds is 6. The molecule has 1 amide bonds. The summed E-state index contributed by atoms with van der Waals surface area (Å²) in [5, 5.41) is 3.38. The highest BCUT2D eigenvalue weighted by Gasteiger charge is 2.24. The van der Waals surface area contributed by atoms with Gasteiger partial charge in [-0.25, -0.2) is 0 Å². The average Bonchev–Trinajstić information content (AvgIpc) is 2.54. The number of carbonyl (C=O) groups excluding carboxylic acids is 1. The maximum atomic E-state index is 12.7. The Balaban J connectivity index is 0.00000264. The van der Waals surface area contributed by atoms with Crippen LogP contribution in [0.5, 0.6) is 0 Å². The van der Waals surface area contributed by atoms with Gasteiger partial charge >= 0.3 is 0 Å². The number of aryl methyl sites for hydroxylation is 2. The fourth-order valence-electron chi connectivity index (χ4n) is 2.96. The van der Waals surface area contributed by atoms with Gasteiger partial charge in [0.1, 0.15) is 0 Å². The summed E-state index contributed by atoms with van der Waals surface area (Å²) in [6.07, 6.45) is 3.20. The Morgan fingerprint density at radius 1 is 1.30 bits per heavy atom. The molecule has 0 radical (unpaired) electrons. The van der Waals surface area contributed by atoms with Crippen LogP contribution in [0.3, 0.4) is 0 Å². The summed E-state index contributed by atoms with van der Waals surface area (Å²) < 4.78 is 0. The molecule has 0 unspecified atom stereocenters. The lowest BCUT2D eigenvalue weighted by atomic mass is 10.0. The minimum Gasteiger partial charge on any atom is -0.339 e. The van der Waals surface area contributed by atoms with Crippen LogP contribution in [0, 0.1) is 13.8 Å². The van der Waals surface area contributed by atoms with Crippen molar-refractivity contribution in [2.24, 2.45) is 0 Å². The molecule has 0 atom stereocenters. The highest BCUT2D eigenvalue weighted by Crippen LogP contribution is 2.24. The number of amides is 1. The van der Waals surface area contributed by atoms with Crippen molar-refractivity contribution < 1.29 is 4.79 Å². The van der Waals surface area contributed by atoms with Gasteiger partial charge in [-0.15, -0.1) is 24.2 Å². The van der Waals surface area contributed by atoms with Crippen LogP contribution in [-0.2, 0) is 4.79 Å². The molecule has 130 valence electrons. The van der Waals surface area contributed by atoms with Crippen LogP contribution >= 0.6 is 24.2 Å². The Morgan fingerprint density at radius 3 is 2.65 bits per heavy atom. The van der Waals surface area contributed by atoms with Crippen molar-refractivity contribution in [1.29, 1.82) is 0 Å². The van der Waals surface area contributed by atoms with E-state index in [1.54, 1.807) is 11.8 Å². The predicted octanol–water partition coefficient (Wildman–Crippen LogP) is 3.81. The quantitative estimate of drug-likeness (QED) is 0.786. The highest BCUT2D eigenvalue weighted by atomic mass is 35.5. The molecule has 2 rings (SSSR count). The van der Waals surface area contributed by atoms with Gasteiger partial charge in [0.05, 0.1) is 5.75 Å². The molecule has 1 N–H and O–H groups in total. The third-order valence-corrected chi connectivity index (χ3v) is 5.37. The maximum absolute atomic E-state index is 12.7. The molecular formula is C18H29ClN2OS. The number of halogens is 1. The van der Waals surface area contributed by atoms with Gasteiger partial charge in [-0.05, 0) is 57.8 Å². The molecular weight excluding hydrogens is 328 g/mol. The Morgan fingerprint density at radius 2 is 2.00 bits per heavy atom. The second kappa shape index (κ2) is 10.2. The molecule has 0 bridgehead atoms. The summed E-state index contributed by atoms with van der Waals surface area (Å²) in [6.45, 7) is 9.31. The molecule has 0 aromatic heterocycles. The largest absolute Gasteiger partial charge is 0.339 e. The Kier molecular flexibility index (Phi) is 9.03. The van der Waals surface area contributed by atoms with E-state index in [4.69, 9.17) is 0 Å². The molecule has 0 saturated carbocycles. The van der Waals surface area contributed by atoms with E-state index < -0.39 is 0 Å². The Hall–Kier alpha value is -0.710. The second-order valence-electron chi connectivity index (χ2n) is 6.13. The minimum atomic E-state index is 0. The lowest BCUT2D eigenvalue weighted by Gasteiger charge is -2.34. The lowest BCUT2D eigenvalue weighted by Crippen LogP contribution is -2.47. The predicted molar refractivity (Wildman–Crippen MR) is 102 cm³/mol. The van der Waals surface area contributed by atoms with E-state index in [9.17, 15) is 4.79 Å². The number of hydrogen-bond donors (Lipinski definition) is 1. The number of hydrogen-bond acceptors (Lipinski definition) is 3. The van der Waals surface area contributed by atoms with Crippen molar-refractivity contribution in [2.45, 2.75) is 51.0 Å². The van der Waals surface area contributed by atoms with Crippen LogP contribution in [0.15, 0.2) is 23.1 Å². The molecule has 1 aromatic rings. The molecule has 1 saturated heterocycles. The smallest absolute Gasteiger partial charge is 0.233 e. The van der Waals surface area contributed by atoms with Crippen LogP contribution in [-0.4, -0.2) is 42.2 Å². The fraction of sp³-hybridized carbons (Fsp3) is 0.611. The zero-order valence-electron chi connectivity index (χ0n) is 14.4. The van der Waals surface area contributed by atoms with Crippen molar-refractivity contribution in [3.05, 3.63) is 29.3 Å². The fourth-order valence-corrected chi connectivity index (χ4v) is 3.97. The normalized spacial score (nSPS) is 15.1. The number of benzene rings is 1. The molecule has 1 aliphatic heterocycles. The van der Waals surface area contributed by atoms with Crippen LogP contribution in [0.4, 0.5) is 0 Å². The number of piperidine rings is 1. The number of nitrogens with zero attached hydrogens (tertiary/aromatic N) is 1. The van der Waals surface area contributed by atoms with Crippen LogP contribution < -0.4 is 5.32 Å². The number of nitrogens with one attached hydrogen (secondary N) is 1. The SMILES string of the molecule is CCCN(C(=O)CSc1cc(C)ccc1C)C1CCNCC1.Cl. The molecule has 0 aliphatic carbocycles. The minimum absolute atomic E-state index is 0. The van der Waals surface area contributed by atoms with E-state index in [2.05, 4.69) is 49.2 Å². The number of carbonyl (C=O) groups is 1. The van der Waals surface area contributed by atoms with E-state index in [1.807, 2.05) is 0 Å². The summed E-state index contributed by atoms with van der Waals surface area (Å²) in [5.74, 6) is 0.841. The molecule has 1 aromatic carbocycles. The molecule has 1 aliphatic rings. The highest BCUT2D eigenvalue weighted by molar-refractivity contribution is 8.00. The average molecular weight is 357 g/mol. The summed E-state index contributed by atoms with van der Waals surface area (Å²) >= 11 is 1.68. The van der Waals surface area contributed by atoms with Crippen LogP contribution in [0.1, 0.15) is 37.3 Å². The summed E-state index contributed by atoms with van der Waals surface area (Å²) in [7, 11) is 0. The molecule has 0 spiro atoms. The van der Waals surface area contributed by atoms with Crippen molar-refractivity contribution in [1.82, 2.24) is 10.2 Å². The first-order chi connectivity index (χ1) is 10.6. The van der Waals surface area contributed by atoms with Gasteiger partial charge < -0.3 is 10.2 Å². The Labute approximate surface area is 151 Å². The lowest BCUT2D eigenvalue weighted by molar-refractivity contribution is -0.131. The van der Waals surface area contributed by atoms with Gasteiger partial charge in [0.15, 0.2) is 0 Å². The van der Waals surface area contributed by atoms with Crippen molar-refractivity contribution in [2.75, 3.05) is 25.4 Å². The maximum Gasteiger partial charge on any atom is 0.233 e. The molecule has 5 heteroatoms. The molecule has 1 heterocycles. The van der Waals surface area contributed by atoms with Gasteiger partial charge in [0, 0.05) is 17.5 Å². The molecule has 23 heavy (non-hydrogen) atoms. The summed E-state index contributed by atoms with van der Waals surface area (Å²) in [6, 6.07) is 6.87. The third kappa shape index (κ3) is 6.02. The van der Waals surface area contributed by atoms with E-state index >= 15 is 0 Å². The second-order valence-corrected chi connectivity index (χ2v) is 7.14. The van der Waals surface area contributed by atoms with E-state index in [0.717, 1.165) is 38.9 Å². The summed E-state index contributed by atoms with van der Waals surface area (Å²) in [4.78, 5) is 16.0. The van der Waals surface area contributed by atoms with E-state index in [0.29, 0.717) is 17.7 Å². The number of thioether (sulfide) groups is 1. The first-order valence-electron chi connectivity index (χ1n) is 8.32.